The Kier molecular flexibility index (Phi) is 6.21. The lowest BCUT2D eigenvalue weighted by Gasteiger charge is -2.15. The largest absolute Gasteiger partial charge is 0.448 e. The van der Waals surface area contributed by atoms with Gasteiger partial charge in [-0.05, 0) is 19.4 Å². The van der Waals surface area contributed by atoms with E-state index in [4.69, 9.17) is 9.15 Å². The Hall–Kier alpha value is -2.38. The second-order valence-corrected chi connectivity index (χ2v) is 3.85. The summed E-state index contributed by atoms with van der Waals surface area (Å²) in [6, 6.07) is 2.63. The molecule has 1 amide bonds. The summed E-state index contributed by atoms with van der Waals surface area (Å²) in [5.41, 5.74) is 0. The lowest BCUT2D eigenvalue weighted by molar-refractivity contribution is -0.402. The first-order chi connectivity index (χ1) is 9.58. The van der Waals surface area contributed by atoms with E-state index in [9.17, 15) is 14.9 Å². The van der Waals surface area contributed by atoms with E-state index in [1.54, 1.807) is 6.92 Å². The molecule has 0 aliphatic carbocycles. The molecule has 0 N–H and O–H groups in total. The number of hydrogen-bond donors (Lipinski definition) is 0. The number of carbonyl (C=O) groups is 1. The van der Waals surface area contributed by atoms with E-state index in [0.717, 1.165) is 12.8 Å². The van der Waals surface area contributed by atoms with Gasteiger partial charge in [-0.25, -0.2) is 4.79 Å². The molecule has 1 aromatic rings. The number of unbranched alkanes of at least 4 members (excludes halogenated alkanes) is 1. The van der Waals surface area contributed by atoms with Crippen LogP contribution >= 0.6 is 0 Å². The molecule has 0 spiro atoms. The lowest BCUT2D eigenvalue weighted by atomic mass is 10.3. The van der Waals surface area contributed by atoms with Crippen LogP contribution < -0.4 is 0 Å². The van der Waals surface area contributed by atoms with Gasteiger partial charge in [0.2, 0.25) is 0 Å². The molecule has 1 aromatic heterocycles. The monoisotopic (exact) mass is 283 g/mol. The molecule has 0 fully saturated rings. The minimum atomic E-state index is -0.641. The minimum Gasteiger partial charge on any atom is -0.448 e. The van der Waals surface area contributed by atoms with E-state index in [0.29, 0.717) is 6.54 Å². The van der Waals surface area contributed by atoms with Crippen molar-refractivity contribution in [2.75, 3.05) is 13.2 Å². The zero-order valence-corrected chi connectivity index (χ0v) is 11.4. The highest BCUT2D eigenvalue weighted by Gasteiger charge is 2.14. The fourth-order valence-corrected chi connectivity index (χ4v) is 1.34. The van der Waals surface area contributed by atoms with Crippen LogP contribution in [0, 0.1) is 10.1 Å². The van der Waals surface area contributed by atoms with Crippen molar-refractivity contribution in [1.82, 2.24) is 5.01 Å². The molecule has 110 valence electrons. The zero-order chi connectivity index (χ0) is 15.0. The van der Waals surface area contributed by atoms with Gasteiger partial charge in [0.25, 0.3) is 0 Å². The van der Waals surface area contributed by atoms with E-state index >= 15 is 0 Å². The highest BCUT2D eigenvalue weighted by Crippen LogP contribution is 2.14. The van der Waals surface area contributed by atoms with Gasteiger partial charge in [-0.15, -0.1) is 0 Å². The third-order valence-electron chi connectivity index (χ3n) is 2.32. The first-order valence-corrected chi connectivity index (χ1v) is 6.31. The summed E-state index contributed by atoms with van der Waals surface area (Å²) < 4.78 is 9.78. The van der Waals surface area contributed by atoms with Gasteiger partial charge < -0.3 is 9.15 Å². The molecule has 1 rings (SSSR count). The Morgan fingerprint density at radius 2 is 2.30 bits per heavy atom. The average molecular weight is 283 g/mol. The van der Waals surface area contributed by atoms with Crippen molar-refractivity contribution in [1.29, 1.82) is 0 Å². The van der Waals surface area contributed by atoms with Crippen molar-refractivity contribution >= 4 is 18.2 Å². The zero-order valence-electron chi connectivity index (χ0n) is 11.4. The van der Waals surface area contributed by atoms with Gasteiger partial charge in [-0.2, -0.15) is 10.1 Å². The number of nitrogens with zero attached hydrogens (tertiary/aromatic N) is 3. The van der Waals surface area contributed by atoms with E-state index in [2.05, 4.69) is 5.10 Å². The molecule has 0 atom stereocenters. The molecule has 8 nitrogen and oxygen atoms in total. The van der Waals surface area contributed by atoms with Crippen LogP contribution in [-0.2, 0) is 4.74 Å². The summed E-state index contributed by atoms with van der Waals surface area (Å²) in [7, 11) is 0. The van der Waals surface area contributed by atoms with Gasteiger partial charge in [0.15, 0.2) is 5.76 Å². The van der Waals surface area contributed by atoms with E-state index in [1.807, 2.05) is 6.92 Å². The van der Waals surface area contributed by atoms with E-state index in [1.165, 1.54) is 23.4 Å². The molecule has 0 bridgehead atoms. The van der Waals surface area contributed by atoms with Crippen LogP contribution in [0.25, 0.3) is 0 Å². The van der Waals surface area contributed by atoms with Crippen LogP contribution in [0.5, 0.6) is 0 Å². The molecule has 1 heterocycles. The highest BCUT2D eigenvalue weighted by molar-refractivity contribution is 5.78. The number of nitro groups is 1. The molecule has 8 heteroatoms. The van der Waals surface area contributed by atoms with Crippen LogP contribution in [-0.4, -0.2) is 35.4 Å². The van der Waals surface area contributed by atoms with Gasteiger partial charge in [-0.3, -0.25) is 10.1 Å². The van der Waals surface area contributed by atoms with Gasteiger partial charge in [0.05, 0.1) is 18.9 Å². The first kappa shape index (κ1) is 15.7. The van der Waals surface area contributed by atoms with Crippen LogP contribution in [0.4, 0.5) is 10.7 Å². The van der Waals surface area contributed by atoms with Crippen LogP contribution in [0.2, 0.25) is 0 Å². The van der Waals surface area contributed by atoms with Crippen LogP contribution in [0.15, 0.2) is 21.7 Å². The van der Waals surface area contributed by atoms with Crippen molar-refractivity contribution in [2.24, 2.45) is 5.10 Å². The summed E-state index contributed by atoms with van der Waals surface area (Å²) in [6.07, 6.45) is 2.37. The Morgan fingerprint density at radius 3 is 2.85 bits per heavy atom. The average Bonchev–Trinajstić information content (AvgIpc) is 2.88. The normalized spacial score (nSPS) is 10.7. The van der Waals surface area contributed by atoms with Gasteiger partial charge >= 0.3 is 12.0 Å². The SMILES string of the molecule is CCCCN(/N=C/c1ccc([N+](=O)[O-])o1)C(=O)OCC. The van der Waals surface area contributed by atoms with Crippen LogP contribution in [0.3, 0.4) is 0 Å². The fourth-order valence-electron chi connectivity index (χ4n) is 1.34. The third kappa shape index (κ3) is 4.71. The van der Waals surface area contributed by atoms with Gasteiger partial charge in [0, 0.05) is 6.54 Å². The van der Waals surface area contributed by atoms with Crippen molar-refractivity contribution < 1.29 is 18.9 Å². The Morgan fingerprint density at radius 1 is 1.55 bits per heavy atom. The van der Waals surface area contributed by atoms with E-state index < -0.39 is 11.0 Å². The summed E-state index contributed by atoms with van der Waals surface area (Å²) in [5.74, 6) is -0.176. The highest BCUT2D eigenvalue weighted by atomic mass is 16.6. The first-order valence-electron chi connectivity index (χ1n) is 6.31. The Labute approximate surface area is 116 Å². The molecule has 0 radical (unpaired) electrons. The quantitative estimate of drug-likeness (QED) is 0.435. The third-order valence-corrected chi connectivity index (χ3v) is 2.32. The number of amides is 1. The van der Waals surface area contributed by atoms with Crippen molar-refractivity contribution in [2.45, 2.75) is 26.7 Å². The molecule has 0 aliphatic rings. The van der Waals surface area contributed by atoms with Crippen molar-refractivity contribution in [3.05, 3.63) is 28.0 Å². The summed E-state index contributed by atoms with van der Waals surface area (Å²) in [4.78, 5) is 21.5. The number of hydrazone groups is 1. The number of carbonyl (C=O) groups excluding carboxylic acids is 1. The van der Waals surface area contributed by atoms with Gasteiger partial charge in [-0.1, -0.05) is 13.3 Å². The Bertz CT molecular complexity index is 483. The number of rotatable bonds is 7. The maximum Gasteiger partial charge on any atom is 0.433 e. The molecule has 0 aliphatic heterocycles. The fraction of sp³-hybridized carbons (Fsp3) is 0.500. The predicted octanol–water partition coefficient (Wildman–Crippen LogP) is 2.78. The summed E-state index contributed by atoms with van der Waals surface area (Å²) in [6.45, 7) is 4.36. The Balaban J connectivity index is 2.73. The second-order valence-electron chi connectivity index (χ2n) is 3.85. The molecule has 0 saturated heterocycles. The summed E-state index contributed by atoms with van der Waals surface area (Å²) >= 11 is 0. The molecular formula is C12H17N3O5. The topological polar surface area (TPSA) is 98.2 Å². The van der Waals surface area contributed by atoms with Gasteiger partial charge in [0.1, 0.15) is 4.92 Å². The number of furan rings is 1. The lowest BCUT2D eigenvalue weighted by Crippen LogP contribution is -2.27. The molecule has 0 unspecified atom stereocenters. The molecule has 0 saturated carbocycles. The second kappa shape index (κ2) is 7.93. The van der Waals surface area contributed by atoms with Crippen molar-refractivity contribution in [3.63, 3.8) is 0 Å². The maximum atomic E-state index is 11.6. The smallest absolute Gasteiger partial charge is 0.433 e. The molecule has 20 heavy (non-hydrogen) atoms. The molecule has 0 aromatic carbocycles. The maximum absolute atomic E-state index is 11.6. The van der Waals surface area contributed by atoms with E-state index in [-0.39, 0.29) is 18.3 Å². The van der Waals surface area contributed by atoms with Crippen molar-refractivity contribution in [3.8, 4) is 0 Å². The minimum absolute atomic E-state index is 0.197. The van der Waals surface area contributed by atoms with Crippen LogP contribution in [0.1, 0.15) is 32.4 Å². The number of hydrogen-bond acceptors (Lipinski definition) is 6. The standard InChI is InChI=1S/C12H17N3O5/c1-3-5-8-14(12(16)19-4-2)13-9-10-6-7-11(20-10)15(17)18/h6-7,9H,3-5,8H2,1-2H3/b13-9+. The number of ether oxygens (including phenoxy) is 1. The predicted molar refractivity (Wildman–Crippen MR) is 71.6 cm³/mol. The molecular weight excluding hydrogens is 266 g/mol. The summed E-state index contributed by atoms with van der Waals surface area (Å²) in [5, 5.41) is 15.6.